The summed E-state index contributed by atoms with van der Waals surface area (Å²) in [5.74, 6) is 0.513. The van der Waals surface area contributed by atoms with Gasteiger partial charge in [-0.15, -0.1) is 0 Å². The van der Waals surface area contributed by atoms with Gasteiger partial charge in [-0.3, -0.25) is 4.90 Å². The quantitative estimate of drug-likeness (QED) is 0.764. The molecule has 1 aliphatic rings. The second-order valence-corrected chi connectivity index (χ2v) is 4.55. The Labute approximate surface area is 96.0 Å². The molecule has 1 aliphatic heterocycles. The molecule has 0 saturated carbocycles. The van der Waals surface area contributed by atoms with Gasteiger partial charge < -0.3 is 4.74 Å². The Morgan fingerprint density at radius 2 is 1.94 bits per heavy atom. The van der Waals surface area contributed by atoms with Crippen LogP contribution in [0.2, 0.25) is 0 Å². The largest absolute Gasteiger partial charge is 0.444 e. The van der Waals surface area contributed by atoms with Crippen LogP contribution in [0, 0.1) is 0 Å². The van der Waals surface area contributed by atoms with E-state index in [-0.39, 0.29) is 12.2 Å². The molecule has 1 heterocycles. The normalized spacial score (nSPS) is 20.4. The van der Waals surface area contributed by atoms with Crippen molar-refractivity contribution in [3.63, 3.8) is 0 Å². The Hall–Kier alpha value is -1.51. The van der Waals surface area contributed by atoms with Crippen molar-refractivity contribution >= 4 is 11.8 Å². The molecule has 1 atom stereocenters. The third kappa shape index (κ3) is 2.03. The molecule has 3 nitrogen and oxygen atoms in total. The summed E-state index contributed by atoms with van der Waals surface area (Å²) in [4.78, 5) is 13.2. The number of cyclic esters (lactones) is 1. The summed E-state index contributed by atoms with van der Waals surface area (Å²) in [5, 5.41) is 0. The Kier molecular flexibility index (Phi) is 2.86. The maximum Gasteiger partial charge on any atom is 0.414 e. The lowest BCUT2D eigenvalue weighted by atomic mass is 10.0. The van der Waals surface area contributed by atoms with Crippen LogP contribution >= 0.6 is 0 Å². The minimum atomic E-state index is -0.246. The lowest BCUT2D eigenvalue weighted by Gasteiger charge is -2.14. The molecule has 0 radical (unpaired) electrons. The van der Waals surface area contributed by atoms with Crippen molar-refractivity contribution in [3.05, 3.63) is 29.8 Å². The fourth-order valence-corrected chi connectivity index (χ4v) is 1.85. The molecular weight excluding hydrogens is 202 g/mol. The smallest absolute Gasteiger partial charge is 0.414 e. The third-order valence-electron chi connectivity index (χ3n) is 2.83. The molecule has 1 fully saturated rings. The number of hydrogen-bond donors (Lipinski definition) is 0. The SMILES string of the molecule is CC(C)c1ccc(N2C[C@H](C)OC2=O)cc1. The van der Waals surface area contributed by atoms with Crippen molar-refractivity contribution in [1.82, 2.24) is 0 Å². The maximum absolute atomic E-state index is 11.5. The average Bonchev–Trinajstić information content (AvgIpc) is 2.58. The summed E-state index contributed by atoms with van der Waals surface area (Å²) < 4.78 is 5.09. The second-order valence-electron chi connectivity index (χ2n) is 4.55. The van der Waals surface area contributed by atoms with Gasteiger partial charge in [-0.25, -0.2) is 4.79 Å². The first kappa shape index (κ1) is 11.0. The van der Waals surface area contributed by atoms with E-state index in [0.29, 0.717) is 12.5 Å². The van der Waals surface area contributed by atoms with E-state index in [1.54, 1.807) is 4.90 Å². The Balaban J connectivity index is 2.19. The van der Waals surface area contributed by atoms with Gasteiger partial charge in [-0.2, -0.15) is 0 Å². The summed E-state index contributed by atoms with van der Waals surface area (Å²) in [6.45, 7) is 6.85. The molecule has 0 unspecified atom stereocenters. The predicted molar refractivity (Wildman–Crippen MR) is 63.8 cm³/mol. The highest BCUT2D eigenvalue weighted by Gasteiger charge is 2.29. The summed E-state index contributed by atoms with van der Waals surface area (Å²) in [6, 6.07) is 8.09. The molecule has 86 valence electrons. The highest BCUT2D eigenvalue weighted by molar-refractivity contribution is 5.89. The summed E-state index contributed by atoms with van der Waals surface area (Å²) in [6.07, 6.45) is -0.262. The molecule has 1 amide bonds. The van der Waals surface area contributed by atoms with Crippen LogP contribution in [-0.2, 0) is 4.74 Å². The van der Waals surface area contributed by atoms with Crippen LogP contribution in [0.5, 0.6) is 0 Å². The van der Waals surface area contributed by atoms with Crippen LogP contribution < -0.4 is 4.90 Å². The van der Waals surface area contributed by atoms with Crippen LogP contribution in [0.4, 0.5) is 10.5 Å². The summed E-state index contributed by atoms with van der Waals surface area (Å²) >= 11 is 0. The highest BCUT2D eigenvalue weighted by atomic mass is 16.6. The lowest BCUT2D eigenvalue weighted by Crippen LogP contribution is -2.23. The van der Waals surface area contributed by atoms with E-state index in [9.17, 15) is 4.79 Å². The van der Waals surface area contributed by atoms with Gasteiger partial charge >= 0.3 is 6.09 Å². The zero-order valence-corrected chi connectivity index (χ0v) is 9.93. The molecular formula is C13H17NO2. The first-order valence-electron chi connectivity index (χ1n) is 5.66. The van der Waals surface area contributed by atoms with Crippen LogP contribution in [0.3, 0.4) is 0 Å². The monoisotopic (exact) mass is 219 g/mol. The Morgan fingerprint density at radius 3 is 2.38 bits per heavy atom. The number of hydrogen-bond acceptors (Lipinski definition) is 2. The number of nitrogens with zero attached hydrogens (tertiary/aromatic N) is 1. The van der Waals surface area contributed by atoms with E-state index < -0.39 is 0 Å². The van der Waals surface area contributed by atoms with Crippen LogP contribution in [0.25, 0.3) is 0 Å². The van der Waals surface area contributed by atoms with Crippen molar-refractivity contribution in [2.24, 2.45) is 0 Å². The molecule has 0 spiro atoms. The van der Waals surface area contributed by atoms with Crippen molar-refractivity contribution in [2.75, 3.05) is 11.4 Å². The molecule has 0 aromatic heterocycles. The van der Waals surface area contributed by atoms with E-state index in [0.717, 1.165) is 5.69 Å². The van der Waals surface area contributed by atoms with Crippen molar-refractivity contribution in [3.8, 4) is 0 Å². The van der Waals surface area contributed by atoms with Gasteiger partial charge in [0, 0.05) is 5.69 Å². The fraction of sp³-hybridized carbons (Fsp3) is 0.462. The van der Waals surface area contributed by atoms with Crippen LogP contribution in [-0.4, -0.2) is 18.7 Å². The molecule has 0 bridgehead atoms. The summed E-state index contributed by atoms with van der Waals surface area (Å²) in [7, 11) is 0. The average molecular weight is 219 g/mol. The molecule has 0 N–H and O–H groups in total. The second kappa shape index (κ2) is 4.16. The summed E-state index contributed by atoms with van der Waals surface area (Å²) in [5.41, 5.74) is 2.20. The van der Waals surface area contributed by atoms with E-state index in [1.807, 2.05) is 19.1 Å². The standard InChI is InChI=1S/C13H17NO2/c1-9(2)11-4-6-12(7-5-11)14-8-10(3)16-13(14)15/h4-7,9-10H,8H2,1-3H3/t10-/m0/s1. The first-order valence-corrected chi connectivity index (χ1v) is 5.66. The molecule has 3 heteroatoms. The number of rotatable bonds is 2. The molecule has 1 saturated heterocycles. The predicted octanol–water partition coefficient (Wildman–Crippen LogP) is 3.16. The molecule has 16 heavy (non-hydrogen) atoms. The number of benzene rings is 1. The van der Waals surface area contributed by atoms with Gasteiger partial charge in [0.25, 0.3) is 0 Å². The minimum absolute atomic E-state index is 0.0164. The van der Waals surface area contributed by atoms with Gasteiger partial charge in [-0.1, -0.05) is 26.0 Å². The zero-order chi connectivity index (χ0) is 11.7. The third-order valence-corrected chi connectivity index (χ3v) is 2.83. The lowest BCUT2D eigenvalue weighted by molar-refractivity contribution is 0.150. The van der Waals surface area contributed by atoms with Gasteiger partial charge in [0.15, 0.2) is 0 Å². The van der Waals surface area contributed by atoms with Gasteiger partial charge in [-0.05, 0) is 30.5 Å². The van der Waals surface area contributed by atoms with E-state index in [2.05, 4.69) is 26.0 Å². The number of amides is 1. The van der Waals surface area contributed by atoms with E-state index in [4.69, 9.17) is 4.74 Å². The first-order chi connectivity index (χ1) is 7.58. The van der Waals surface area contributed by atoms with Crippen molar-refractivity contribution in [1.29, 1.82) is 0 Å². The van der Waals surface area contributed by atoms with E-state index in [1.165, 1.54) is 5.56 Å². The molecule has 1 aromatic carbocycles. The highest BCUT2D eigenvalue weighted by Crippen LogP contribution is 2.23. The molecule has 1 aromatic rings. The topological polar surface area (TPSA) is 29.5 Å². The zero-order valence-electron chi connectivity index (χ0n) is 9.93. The van der Waals surface area contributed by atoms with Crippen LogP contribution in [0.15, 0.2) is 24.3 Å². The van der Waals surface area contributed by atoms with Crippen molar-refractivity contribution < 1.29 is 9.53 Å². The fourth-order valence-electron chi connectivity index (χ4n) is 1.85. The van der Waals surface area contributed by atoms with Crippen molar-refractivity contribution in [2.45, 2.75) is 32.8 Å². The number of carbonyl (C=O) groups is 1. The number of ether oxygens (including phenoxy) is 1. The number of anilines is 1. The van der Waals surface area contributed by atoms with E-state index >= 15 is 0 Å². The van der Waals surface area contributed by atoms with Gasteiger partial charge in [0.2, 0.25) is 0 Å². The van der Waals surface area contributed by atoms with Gasteiger partial charge in [0.05, 0.1) is 6.54 Å². The Morgan fingerprint density at radius 1 is 1.31 bits per heavy atom. The van der Waals surface area contributed by atoms with Crippen LogP contribution in [0.1, 0.15) is 32.3 Å². The molecule has 2 rings (SSSR count). The molecule has 0 aliphatic carbocycles. The van der Waals surface area contributed by atoms with Gasteiger partial charge in [0.1, 0.15) is 6.10 Å². The minimum Gasteiger partial charge on any atom is -0.444 e. The maximum atomic E-state index is 11.5. The Bertz CT molecular complexity index is 383. The number of carbonyl (C=O) groups excluding carboxylic acids is 1.